The summed E-state index contributed by atoms with van der Waals surface area (Å²) in [6, 6.07) is 12.8. The van der Waals surface area contributed by atoms with Crippen molar-refractivity contribution >= 4 is 26.6 Å². The number of fused-ring (bicyclic) bond motifs is 1. The van der Waals surface area contributed by atoms with Crippen LogP contribution in [0.3, 0.4) is 0 Å². The van der Waals surface area contributed by atoms with E-state index in [9.17, 15) is 13.5 Å². The van der Waals surface area contributed by atoms with Crippen LogP contribution in [0.5, 0.6) is 5.75 Å². The molecule has 0 aliphatic heterocycles. The first-order chi connectivity index (χ1) is 11.2. The zero-order valence-corrected chi connectivity index (χ0v) is 14.6. The summed E-state index contributed by atoms with van der Waals surface area (Å²) in [6.07, 6.45) is 3.20. The smallest absolute Gasteiger partial charge is 0.229 e. The molecule has 3 rings (SSSR count). The predicted octanol–water partition coefficient (Wildman–Crippen LogP) is 3.97. The number of phenols is 1. The van der Waals surface area contributed by atoms with Crippen molar-refractivity contribution in [2.45, 2.75) is 19.9 Å². The lowest BCUT2D eigenvalue weighted by atomic mass is 10.0. The number of rotatable bonds is 4. The zero-order chi connectivity index (χ0) is 17.5. The maximum Gasteiger partial charge on any atom is 0.229 e. The molecule has 1 heterocycles. The van der Waals surface area contributed by atoms with Crippen LogP contribution in [0.1, 0.15) is 19.9 Å². The van der Waals surface area contributed by atoms with E-state index in [1.807, 2.05) is 24.3 Å². The predicted molar refractivity (Wildman–Crippen MR) is 97.9 cm³/mol. The highest BCUT2D eigenvalue weighted by Gasteiger charge is 2.14. The van der Waals surface area contributed by atoms with Crippen LogP contribution in [-0.4, -0.2) is 24.3 Å². The molecule has 0 aliphatic rings. The minimum absolute atomic E-state index is 0.228. The van der Waals surface area contributed by atoms with Crippen LogP contribution in [0.15, 0.2) is 48.7 Å². The van der Waals surface area contributed by atoms with Crippen molar-refractivity contribution in [3.63, 3.8) is 0 Å². The molecular formula is C18H20N2O3S. The number of phenolic OH excluding ortho intramolecular Hbond substituents is 1. The molecule has 0 spiro atoms. The Hall–Kier alpha value is -2.47. The molecular weight excluding hydrogens is 324 g/mol. The second-order valence-electron chi connectivity index (χ2n) is 6.20. The number of aromatic hydroxyl groups is 1. The van der Waals surface area contributed by atoms with Crippen molar-refractivity contribution in [3.8, 4) is 16.9 Å². The van der Waals surface area contributed by atoms with Gasteiger partial charge in [0, 0.05) is 23.2 Å². The van der Waals surface area contributed by atoms with Crippen molar-refractivity contribution in [3.05, 3.63) is 48.7 Å². The molecule has 0 aliphatic carbocycles. The van der Waals surface area contributed by atoms with Gasteiger partial charge in [0.2, 0.25) is 10.0 Å². The van der Waals surface area contributed by atoms with Crippen LogP contribution < -0.4 is 4.72 Å². The van der Waals surface area contributed by atoms with Crippen molar-refractivity contribution in [2.75, 3.05) is 11.0 Å². The highest BCUT2D eigenvalue weighted by atomic mass is 32.2. The molecule has 1 aromatic heterocycles. The number of hydrogen-bond donors (Lipinski definition) is 2. The maximum absolute atomic E-state index is 11.5. The van der Waals surface area contributed by atoms with Gasteiger partial charge in [0.25, 0.3) is 0 Å². The van der Waals surface area contributed by atoms with E-state index in [0.29, 0.717) is 5.69 Å². The van der Waals surface area contributed by atoms with E-state index < -0.39 is 10.0 Å². The monoisotopic (exact) mass is 344 g/mol. The van der Waals surface area contributed by atoms with Crippen LogP contribution in [0, 0.1) is 0 Å². The quantitative estimate of drug-likeness (QED) is 0.752. The van der Waals surface area contributed by atoms with Gasteiger partial charge in [0.05, 0.1) is 17.5 Å². The summed E-state index contributed by atoms with van der Waals surface area (Å²) in [5.41, 5.74) is 3.55. The number of hydrogen-bond acceptors (Lipinski definition) is 3. The molecule has 126 valence electrons. The Morgan fingerprint density at radius 2 is 1.75 bits per heavy atom. The topological polar surface area (TPSA) is 71.3 Å². The summed E-state index contributed by atoms with van der Waals surface area (Å²) in [7, 11) is -3.32. The summed E-state index contributed by atoms with van der Waals surface area (Å²) >= 11 is 0. The van der Waals surface area contributed by atoms with Crippen LogP contribution in [-0.2, 0) is 10.0 Å². The van der Waals surface area contributed by atoms with Gasteiger partial charge in [-0.3, -0.25) is 4.72 Å². The van der Waals surface area contributed by atoms with Gasteiger partial charge in [-0.25, -0.2) is 8.42 Å². The van der Waals surface area contributed by atoms with E-state index in [2.05, 4.69) is 29.3 Å². The molecule has 0 bridgehead atoms. The van der Waals surface area contributed by atoms with Gasteiger partial charge < -0.3 is 9.67 Å². The summed E-state index contributed by atoms with van der Waals surface area (Å²) in [5.74, 6) is 0.228. The van der Waals surface area contributed by atoms with E-state index in [0.717, 1.165) is 28.3 Å². The minimum atomic E-state index is -3.32. The molecule has 0 saturated carbocycles. The molecule has 0 amide bonds. The lowest BCUT2D eigenvalue weighted by Gasteiger charge is -2.10. The number of aromatic nitrogens is 1. The summed E-state index contributed by atoms with van der Waals surface area (Å²) in [5, 5.41) is 10.5. The summed E-state index contributed by atoms with van der Waals surface area (Å²) in [4.78, 5) is 0. The van der Waals surface area contributed by atoms with Crippen LogP contribution >= 0.6 is 0 Å². The Kier molecular flexibility index (Phi) is 4.01. The lowest BCUT2D eigenvalue weighted by molar-refractivity contribution is 0.475. The second kappa shape index (κ2) is 5.87. The molecule has 0 radical (unpaired) electrons. The first-order valence-electron chi connectivity index (χ1n) is 7.66. The molecule has 24 heavy (non-hydrogen) atoms. The fourth-order valence-electron chi connectivity index (χ4n) is 2.83. The molecule has 0 unspecified atom stereocenters. The fourth-order valence-corrected chi connectivity index (χ4v) is 3.38. The largest absolute Gasteiger partial charge is 0.508 e. The highest BCUT2D eigenvalue weighted by molar-refractivity contribution is 7.92. The van der Waals surface area contributed by atoms with Crippen molar-refractivity contribution in [1.29, 1.82) is 0 Å². The molecule has 0 fully saturated rings. The standard InChI is InChI=1S/C18H20N2O3S/c1-12(2)20-11-17(13-4-7-15(21)8-5-13)16-9-6-14(10-18(16)20)19-24(3,22)23/h4-12,19,21H,1-3H3. The maximum atomic E-state index is 11.5. The zero-order valence-electron chi connectivity index (χ0n) is 13.8. The third kappa shape index (κ3) is 3.23. The van der Waals surface area contributed by atoms with Crippen molar-refractivity contribution in [2.24, 2.45) is 0 Å². The summed E-state index contributed by atoms with van der Waals surface area (Å²) < 4.78 is 27.6. The Morgan fingerprint density at radius 3 is 2.33 bits per heavy atom. The first-order valence-corrected chi connectivity index (χ1v) is 9.55. The van der Waals surface area contributed by atoms with E-state index in [1.54, 1.807) is 18.2 Å². The van der Waals surface area contributed by atoms with Gasteiger partial charge in [-0.2, -0.15) is 0 Å². The van der Waals surface area contributed by atoms with Gasteiger partial charge in [0.15, 0.2) is 0 Å². The number of sulfonamides is 1. The number of nitrogens with zero attached hydrogens (tertiary/aromatic N) is 1. The lowest BCUT2D eigenvalue weighted by Crippen LogP contribution is -2.09. The van der Waals surface area contributed by atoms with E-state index >= 15 is 0 Å². The molecule has 5 nitrogen and oxygen atoms in total. The van der Waals surface area contributed by atoms with Gasteiger partial charge in [-0.1, -0.05) is 18.2 Å². The minimum Gasteiger partial charge on any atom is -0.508 e. The van der Waals surface area contributed by atoms with Crippen LogP contribution in [0.4, 0.5) is 5.69 Å². The average Bonchev–Trinajstić information content (AvgIpc) is 2.85. The normalized spacial score (nSPS) is 12.0. The van der Waals surface area contributed by atoms with Crippen molar-refractivity contribution in [1.82, 2.24) is 4.57 Å². The Balaban J connectivity index is 2.20. The summed E-state index contributed by atoms with van der Waals surface area (Å²) in [6.45, 7) is 4.16. The molecule has 6 heteroatoms. The van der Waals surface area contributed by atoms with Gasteiger partial charge >= 0.3 is 0 Å². The Morgan fingerprint density at radius 1 is 1.08 bits per heavy atom. The van der Waals surface area contributed by atoms with E-state index in [1.165, 1.54) is 0 Å². The Labute approximate surface area is 141 Å². The van der Waals surface area contributed by atoms with Gasteiger partial charge in [-0.15, -0.1) is 0 Å². The second-order valence-corrected chi connectivity index (χ2v) is 7.95. The SMILES string of the molecule is CC(C)n1cc(-c2ccc(O)cc2)c2ccc(NS(C)(=O)=O)cc21. The molecule has 2 aromatic carbocycles. The highest BCUT2D eigenvalue weighted by Crippen LogP contribution is 2.34. The third-order valence-corrected chi connectivity index (χ3v) is 4.48. The fraction of sp³-hybridized carbons (Fsp3) is 0.222. The van der Waals surface area contributed by atoms with E-state index in [4.69, 9.17) is 0 Å². The third-order valence-electron chi connectivity index (χ3n) is 3.87. The average molecular weight is 344 g/mol. The number of nitrogens with one attached hydrogen (secondary N) is 1. The van der Waals surface area contributed by atoms with Crippen LogP contribution in [0.25, 0.3) is 22.0 Å². The molecule has 0 atom stereocenters. The number of anilines is 1. The molecule has 2 N–H and O–H groups in total. The molecule has 3 aromatic rings. The van der Waals surface area contributed by atoms with E-state index in [-0.39, 0.29) is 11.8 Å². The Bertz CT molecular complexity index is 987. The number of benzene rings is 2. The first kappa shape index (κ1) is 16.4. The van der Waals surface area contributed by atoms with Gasteiger partial charge in [0.1, 0.15) is 5.75 Å². The van der Waals surface area contributed by atoms with Crippen LogP contribution in [0.2, 0.25) is 0 Å². The van der Waals surface area contributed by atoms with Gasteiger partial charge in [-0.05, 0) is 43.7 Å². The van der Waals surface area contributed by atoms with Crippen molar-refractivity contribution < 1.29 is 13.5 Å². The molecule has 0 saturated heterocycles.